The highest BCUT2D eigenvalue weighted by atomic mass is 19.1. The fraction of sp³-hybridized carbons (Fsp3) is 0.391. The predicted octanol–water partition coefficient (Wildman–Crippen LogP) is 10.7. The van der Waals surface area contributed by atoms with Crippen LogP contribution in [0.3, 0.4) is 0 Å². The molecule has 8 aromatic rings. The molecule has 1 unspecified atom stereocenters. The Hall–Kier alpha value is -8.69. The Balaban J connectivity index is 0.591. The molecule has 4 aromatic heterocycles. The lowest BCUT2D eigenvalue weighted by Gasteiger charge is -2.36. The van der Waals surface area contributed by atoms with Crippen molar-refractivity contribution in [1.82, 2.24) is 38.9 Å². The SMILES string of the molecule is O=C(O)c1ccc2nc(CN3CCC(c4cccc(OCc5ccc(C(=O)C6CC6)cc5OCC5C[C@@H](Cn6c(CN7CC=C(c8cccc(OCc9ccc(C(=O)C%10CC%10)cc9F)n8)CC7)nc7ccc(C(=O)O)cc76)O5)n4)CC3)n(C[C@@H]3CCO3)c2c1. The van der Waals surface area contributed by atoms with Gasteiger partial charge in [-0.25, -0.2) is 33.9 Å². The maximum absolute atomic E-state index is 15.0. The van der Waals surface area contributed by atoms with Crippen LogP contribution < -0.4 is 14.2 Å². The number of Topliss-reactive ketones (excluding diaryl/α,β-unsaturated/α-hetero) is 2. The molecule has 0 spiro atoms. The van der Waals surface area contributed by atoms with Gasteiger partial charge >= 0.3 is 11.9 Å². The number of aromatic nitrogens is 6. The van der Waals surface area contributed by atoms with Crippen LogP contribution in [0.15, 0.2) is 115 Å². The summed E-state index contributed by atoms with van der Waals surface area (Å²) in [6, 6.07) is 31.7. The first-order valence-electron chi connectivity index (χ1n) is 31.1. The largest absolute Gasteiger partial charge is 0.490 e. The number of halogens is 1. The Morgan fingerprint density at radius 3 is 1.76 bits per heavy atom. The fourth-order valence-corrected chi connectivity index (χ4v) is 12.6. The molecule has 89 heavy (non-hydrogen) atoms. The van der Waals surface area contributed by atoms with Crippen LogP contribution in [-0.4, -0.2) is 130 Å². The number of ether oxygens (including phenoxy) is 5. The number of rotatable bonds is 25. The van der Waals surface area contributed by atoms with Gasteiger partial charge in [-0.1, -0.05) is 42.5 Å². The van der Waals surface area contributed by atoms with Crippen molar-refractivity contribution in [2.45, 2.75) is 121 Å². The lowest BCUT2D eigenvalue weighted by Crippen LogP contribution is -2.44. The van der Waals surface area contributed by atoms with Gasteiger partial charge in [-0.2, -0.15) is 0 Å². The number of pyridine rings is 2. The molecule has 6 aliphatic rings. The number of carboxylic acid groups (broad SMARTS) is 2. The molecule has 0 radical (unpaired) electrons. The minimum atomic E-state index is -1.02. The third-order valence-corrected chi connectivity index (χ3v) is 18.2. The smallest absolute Gasteiger partial charge is 0.335 e. The molecule has 3 saturated heterocycles. The van der Waals surface area contributed by atoms with E-state index in [4.69, 9.17) is 43.6 Å². The molecule has 8 heterocycles. The number of likely N-dealkylation sites (tertiary alicyclic amines) is 1. The molecule has 20 heteroatoms. The molecular formula is C69H69FN8O11. The second kappa shape index (κ2) is 25.1. The number of carboxylic acids is 2. The highest BCUT2D eigenvalue weighted by Crippen LogP contribution is 2.37. The Bertz CT molecular complexity index is 4060. The van der Waals surface area contributed by atoms with E-state index in [9.17, 15) is 33.8 Å². The molecule has 3 atom stereocenters. The van der Waals surface area contributed by atoms with E-state index in [0.29, 0.717) is 90.8 Å². The van der Waals surface area contributed by atoms with Gasteiger partial charge in [-0.15, -0.1) is 0 Å². The number of aromatic carboxylic acids is 2. The highest BCUT2D eigenvalue weighted by Gasteiger charge is 2.35. The number of hydrogen-bond acceptors (Lipinski definition) is 15. The van der Waals surface area contributed by atoms with E-state index in [2.05, 4.69) is 31.1 Å². The van der Waals surface area contributed by atoms with E-state index in [1.807, 2.05) is 42.5 Å². The third-order valence-electron chi connectivity index (χ3n) is 18.2. The number of piperidine rings is 1. The number of ketones is 2. The average Bonchev–Trinajstić information content (AvgIpc) is 1.88. The van der Waals surface area contributed by atoms with Crippen LogP contribution in [0, 0.1) is 17.7 Å². The normalized spacial score (nSPS) is 19.8. The quantitative estimate of drug-likeness (QED) is 0.0508. The second-order valence-corrected chi connectivity index (χ2v) is 24.5. The molecule has 5 fully saturated rings. The molecule has 14 rings (SSSR count). The van der Waals surface area contributed by atoms with E-state index >= 15 is 0 Å². The number of fused-ring (bicyclic) bond motifs is 2. The molecule has 2 aliphatic carbocycles. The van der Waals surface area contributed by atoms with Crippen molar-refractivity contribution < 1.29 is 57.5 Å². The summed E-state index contributed by atoms with van der Waals surface area (Å²) < 4.78 is 50.4. The Morgan fingerprint density at radius 2 is 1.17 bits per heavy atom. The Morgan fingerprint density at radius 1 is 0.584 bits per heavy atom. The van der Waals surface area contributed by atoms with Crippen LogP contribution in [0.1, 0.15) is 139 Å². The van der Waals surface area contributed by atoms with Gasteiger partial charge in [0, 0.05) is 84.0 Å². The maximum atomic E-state index is 15.0. The summed E-state index contributed by atoms with van der Waals surface area (Å²) >= 11 is 0. The molecular weight excluding hydrogens is 1140 g/mol. The molecule has 0 amide bonds. The van der Waals surface area contributed by atoms with Crippen LogP contribution in [0.4, 0.5) is 4.39 Å². The second-order valence-electron chi connectivity index (χ2n) is 24.5. The molecule has 4 aromatic carbocycles. The lowest BCUT2D eigenvalue weighted by molar-refractivity contribution is -0.143. The Labute approximate surface area is 513 Å². The summed E-state index contributed by atoms with van der Waals surface area (Å²) in [5.41, 5.74) is 8.35. The lowest BCUT2D eigenvalue weighted by atomic mass is 9.93. The standard InChI is InChI=1S/C69H69FN8O11/c70-54-29-45(66(79)43-7-8-43)11-13-49(54)38-87-64-5-1-3-55(73-64)41-21-26-76(27-22-41)37-63-72-58-18-16-48(69(83)84)31-60(58)78(63)35-52-33-53(89-52)40-86-61-32-46(67(80)44-9-10-44)12-14-50(61)39-88-65-6-2-4-56(74-65)42-19-24-75(25-20-42)36-62-71-57-17-15-47(68(81)82)30-59(57)77(62)34-51-23-28-85-51/h1-6,11-18,21,29-32,42-44,51-53H,7-10,19-20,22-28,33-40H2,(H,81,82)(H,83,84)/t51-,52-,53?/m0/s1. The van der Waals surface area contributed by atoms with Crippen molar-refractivity contribution in [3.8, 4) is 17.5 Å². The minimum absolute atomic E-state index is 0.00720. The zero-order valence-electron chi connectivity index (χ0n) is 49.3. The zero-order chi connectivity index (χ0) is 60.7. The molecule has 2 N–H and O–H groups in total. The van der Waals surface area contributed by atoms with E-state index in [1.54, 1.807) is 54.6 Å². The van der Waals surface area contributed by atoms with Gasteiger partial charge < -0.3 is 43.0 Å². The van der Waals surface area contributed by atoms with Gasteiger partial charge in [0.2, 0.25) is 11.8 Å². The van der Waals surface area contributed by atoms with Crippen LogP contribution in [0.5, 0.6) is 17.5 Å². The van der Waals surface area contributed by atoms with Gasteiger partial charge in [0.1, 0.15) is 43.0 Å². The van der Waals surface area contributed by atoms with Gasteiger partial charge in [-0.3, -0.25) is 19.4 Å². The van der Waals surface area contributed by atoms with Gasteiger partial charge in [0.25, 0.3) is 0 Å². The zero-order valence-corrected chi connectivity index (χ0v) is 49.3. The van der Waals surface area contributed by atoms with Crippen molar-refractivity contribution in [1.29, 1.82) is 0 Å². The number of benzene rings is 4. The van der Waals surface area contributed by atoms with E-state index in [-0.39, 0.29) is 78.6 Å². The monoisotopic (exact) mass is 1200 g/mol. The molecule has 0 bridgehead atoms. The molecule has 458 valence electrons. The van der Waals surface area contributed by atoms with Gasteiger partial charge in [-0.05, 0) is 131 Å². The fourth-order valence-electron chi connectivity index (χ4n) is 12.6. The summed E-state index contributed by atoms with van der Waals surface area (Å²) in [6.45, 7) is 6.41. The van der Waals surface area contributed by atoms with E-state index < -0.39 is 17.8 Å². The first-order chi connectivity index (χ1) is 43.4. The summed E-state index contributed by atoms with van der Waals surface area (Å²) in [4.78, 5) is 74.3. The van der Waals surface area contributed by atoms with Crippen molar-refractivity contribution in [3.05, 3.63) is 178 Å². The molecule has 19 nitrogen and oxygen atoms in total. The molecule has 2 saturated carbocycles. The van der Waals surface area contributed by atoms with Crippen molar-refractivity contribution in [3.63, 3.8) is 0 Å². The number of nitrogens with zero attached hydrogens (tertiary/aromatic N) is 8. The predicted molar refractivity (Wildman–Crippen MR) is 326 cm³/mol. The van der Waals surface area contributed by atoms with Crippen molar-refractivity contribution in [2.75, 3.05) is 39.4 Å². The number of imidazole rings is 2. The van der Waals surface area contributed by atoms with Crippen LogP contribution >= 0.6 is 0 Å². The van der Waals surface area contributed by atoms with E-state index in [0.717, 1.165) is 116 Å². The summed E-state index contributed by atoms with van der Waals surface area (Å²) in [6.07, 6.45) is 9.46. The Kier molecular flexibility index (Phi) is 16.3. The van der Waals surface area contributed by atoms with Crippen molar-refractivity contribution in [2.24, 2.45) is 11.8 Å². The van der Waals surface area contributed by atoms with Crippen LogP contribution in [-0.2, 0) is 48.9 Å². The number of carbonyl (C=O) groups is 4. The molecule has 4 aliphatic heterocycles. The van der Waals surface area contributed by atoms with E-state index in [1.165, 1.54) is 6.07 Å². The minimum Gasteiger partial charge on any atom is -0.490 e. The highest BCUT2D eigenvalue weighted by molar-refractivity contribution is 6.00. The first-order valence-corrected chi connectivity index (χ1v) is 31.1. The van der Waals surface area contributed by atoms with Crippen LogP contribution in [0.25, 0.3) is 27.6 Å². The van der Waals surface area contributed by atoms with Crippen LogP contribution in [0.2, 0.25) is 0 Å². The van der Waals surface area contributed by atoms with Gasteiger partial charge in [0.05, 0.1) is 83.4 Å². The van der Waals surface area contributed by atoms with Gasteiger partial charge in [0.15, 0.2) is 11.6 Å². The third kappa shape index (κ3) is 13.1. The summed E-state index contributed by atoms with van der Waals surface area (Å²) in [5.74, 6) is 1.05. The maximum Gasteiger partial charge on any atom is 0.335 e. The average molecular weight is 1210 g/mol. The number of carbonyl (C=O) groups excluding carboxylic acids is 2. The topological polar surface area (TPSA) is 223 Å². The first kappa shape index (κ1) is 58.0. The number of hydrogen-bond donors (Lipinski definition) is 2. The summed E-state index contributed by atoms with van der Waals surface area (Å²) in [5, 5.41) is 19.7. The van der Waals surface area contributed by atoms with Crippen molar-refractivity contribution >= 4 is 51.1 Å². The summed E-state index contributed by atoms with van der Waals surface area (Å²) in [7, 11) is 0.